The van der Waals surface area contributed by atoms with Gasteiger partial charge in [0.15, 0.2) is 11.5 Å². The van der Waals surface area contributed by atoms with Gasteiger partial charge in [-0.1, -0.05) is 0 Å². The maximum Gasteiger partial charge on any atom is 0.167 e. The van der Waals surface area contributed by atoms with Crippen molar-refractivity contribution < 1.29 is 9.84 Å². The summed E-state index contributed by atoms with van der Waals surface area (Å²) >= 11 is 0. The van der Waals surface area contributed by atoms with E-state index in [1.54, 1.807) is 6.33 Å². The lowest BCUT2D eigenvalue weighted by molar-refractivity contribution is 0.000370. The summed E-state index contributed by atoms with van der Waals surface area (Å²) in [6.45, 7) is 1.07. The molecule has 3 N–H and O–H groups in total. The van der Waals surface area contributed by atoms with Crippen molar-refractivity contribution in [2.75, 3.05) is 5.73 Å². The number of nitrogen functional groups attached to an aromatic ring is 1. The first-order valence-electron chi connectivity index (χ1n) is 5.35. The Bertz CT molecular complexity index is 540. The summed E-state index contributed by atoms with van der Waals surface area (Å²) in [5.74, 6) is 0.358. The van der Waals surface area contributed by atoms with Gasteiger partial charge in [0.25, 0.3) is 0 Å². The second-order valence-electron chi connectivity index (χ2n) is 3.94. The first-order valence-corrected chi connectivity index (χ1v) is 5.35. The van der Waals surface area contributed by atoms with E-state index < -0.39 is 0 Å². The van der Waals surface area contributed by atoms with Crippen LogP contribution in [-0.2, 0) is 4.74 Å². The number of fused-ring (bicyclic) bond motifs is 1. The maximum absolute atomic E-state index is 8.92. The molecule has 0 aliphatic carbocycles. The number of nitrogens with two attached hydrogens (primary N) is 1. The Kier molecular flexibility index (Phi) is 2.41. The molecule has 7 nitrogen and oxygen atoms in total. The molecule has 0 unspecified atom stereocenters. The third-order valence-electron chi connectivity index (χ3n) is 2.89. The zero-order valence-corrected chi connectivity index (χ0v) is 9.02. The molecule has 7 heteroatoms. The summed E-state index contributed by atoms with van der Waals surface area (Å²) in [5, 5.41) is 8.92. The van der Waals surface area contributed by atoms with Crippen LogP contribution in [0.3, 0.4) is 0 Å². The van der Waals surface area contributed by atoms with Crippen LogP contribution in [0.5, 0.6) is 0 Å². The molecule has 1 aliphatic heterocycles. The SMILES string of the molecule is Nc1ncnc2c1ncn2[C@H]1CC[C@@H]([CH]O)O1. The van der Waals surface area contributed by atoms with Gasteiger partial charge in [-0.15, -0.1) is 0 Å². The lowest BCUT2D eigenvalue weighted by Gasteiger charge is -2.13. The third kappa shape index (κ3) is 1.63. The summed E-state index contributed by atoms with van der Waals surface area (Å²) in [7, 11) is 0. The molecule has 2 atom stereocenters. The van der Waals surface area contributed by atoms with Crippen molar-refractivity contribution in [2.24, 2.45) is 0 Å². The first-order chi connectivity index (χ1) is 8.29. The highest BCUT2D eigenvalue weighted by Gasteiger charge is 2.27. The van der Waals surface area contributed by atoms with Crippen molar-refractivity contribution in [2.45, 2.75) is 25.2 Å². The van der Waals surface area contributed by atoms with Crippen LogP contribution in [0.25, 0.3) is 11.2 Å². The van der Waals surface area contributed by atoms with Crippen LogP contribution >= 0.6 is 0 Å². The van der Waals surface area contributed by atoms with Gasteiger partial charge in [0.2, 0.25) is 0 Å². The molecular weight excluding hydrogens is 222 g/mol. The van der Waals surface area contributed by atoms with E-state index in [0.717, 1.165) is 19.4 Å². The average Bonchev–Trinajstić information content (AvgIpc) is 2.94. The van der Waals surface area contributed by atoms with Crippen LogP contribution in [0.1, 0.15) is 19.1 Å². The van der Waals surface area contributed by atoms with Crippen molar-refractivity contribution in [3.63, 3.8) is 0 Å². The summed E-state index contributed by atoms with van der Waals surface area (Å²) < 4.78 is 7.44. The number of hydrogen-bond acceptors (Lipinski definition) is 6. The van der Waals surface area contributed by atoms with Gasteiger partial charge in [0.1, 0.15) is 24.7 Å². The zero-order valence-electron chi connectivity index (χ0n) is 9.02. The summed E-state index contributed by atoms with van der Waals surface area (Å²) in [5.41, 5.74) is 6.94. The number of rotatable bonds is 2. The van der Waals surface area contributed by atoms with Crippen LogP contribution in [0.15, 0.2) is 12.7 Å². The molecular formula is C10H12N5O2. The molecule has 0 aromatic carbocycles. The van der Waals surface area contributed by atoms with E-state index >= 15 is 0 Å². The van der Waals surface area contributed by atoms with Crippen molar-refractivity contribution in [3.05, 3.63) is 19.3 Å². The predicted molar refractivity (Wildman–Crippen MR) is 59.1 cm³/mol. The Morgan fingerprint density at radius 3 is 3.06 bits per heavy atom. The van der Waals surface area contributed by atoms with E-state index in [0.29, 0.717) is 17.0 Å². The number of anilines is 1. The highest BCUT2D eigenvalue weighted by Crippen LogP contribution is 2.31. The van der Waals surface area contributed by atoms with Crippen molar-refractivity contribution >= 4 is 17.0 Å². The first kappa shape index (κ1) is 10.4. The van der Waals surface area contributed by atoms with Crippen LogP contribution in [-0.4, -0.2) is 30.7 Å². The van der Waals surface area contributed by atoms with Crippen LogP contribution in [0, 0.1) is 6.61 Å². The Labute approximate surface area is 97.3 Å². The van der Waals surface area contributed by atoms with Gasteiger partial charge in [-0.3, -0.25) is 4.57 Å². The molecule has 0 spiro atoms. The van der Waals surface area contributed by atoms with E-state index in [1.807, 2.05) is 4.57 Å². The van der Waals surface area contributed by atoms with Gasteiger partial charge in [-0.2, -0.15) is 0 Å². The van der Waals surface area contributed by atoms with E-state index in [1.165, 1.54) is 6.33 Å². The van der Waals surface area contributed by atoms with Crippen LogP contribution in [0.4, 0.5) is 5.82 Å². The Balaban J connectivity index is 1.99. The molecule has 2 aromatic heterocycles. The van der Waals surface area contributed by atoms with Gasteiger partial charge in [0, 0.05) is 0 Å². The molecule has 0 bridgehead atoms. The summed E-state index contributed by atoms with van der Waals surface area (Å²) in [6, 6.07) is 0. The quantitative estimate of drug-likeness (QED) is 0.790. The number of ether oxygens (including phenoxy) is 1. The molecule has 1 saturated heterocycles. The lowest BCUT2D eigenvalue weighted by atomic mass is 10.2. The number of aromatic nitrogens is 4. The van der Waals surface area contributed by atoms with E-state index in [-0.39, 0.29) is 12.3 Å². The highest BCUT2D eigenvalue weighted by atomic mass is 16.5. The molecule has 1 fully saturated rings. The molecule has 3 rings (SSSR count). The van der Waals surface area contributed by atoms with Crippen molar-refractivity contribution in [1.29, 1.82) is 0 Å². The van der Waals surface area contributed by atoms with Crippen molar-refractivity contribution in [1.82, 2.24) is 19.5 Å². The Morgan fingerprint density at radius 2 is 2.29 bits per heavy atom. The number of imidazole rings is 1. The average molecular weight is 234 g/mol. The second-order valence-corrected chi connectivity index (χ2v) is 3.94. The molecule has 3 heterocycles. The van der Waals surface area contributed by atoms with Gasteiger partial charge in [0.05, 0.1) is 12.4 Å². The van der Waals surface area contributed by atoms with Crippen LogP contribution < -0.4 is 5.73 Å². The second kappa shape index (κ2) is 3.94. The minimum atomic E-state index is -0.225. The predicted octanol–water partition coefficient (Wildman–Crippen LogP) is 0.620. The van der Waals surface area contributed by atoms with Gasteiger partial charge >= 0.3 is 0 Å². The molecule has 1 aliphatic rings. The highest BCUT2D eigenvalue weighted by molar-refractivity contribution is 5.81. The molecule has 89 valence electrons. The summed E-state index contributed by atoms with van der Waals surface area (Å²) in [6.07, 6.45) is 4.23. The van der Waals surface area contributed by atoms with Gasteiger partial charge < -0.3 is 15.6 Å². The molecule has 2 aromatic rings. The molecule has 0 amide bonds. The topological polar surface area (TPSA) is 99.1 Å². The lowest BCUT2D eigenvalue weighted by Crippen LogP contribution is -2.11. The largest absolute Gasteiger partial charge is 0.388 e. The summed E-state index contributed by atoms with van der Waals surface area (Å²) in [4.78, 5) is 12.2. The van der Waals surface area contributed by atoms with Crippen molar-refractivity contribution in [3.8, 4) is 0 Å². The smallest absolute Gasteiger partial charge is 0.167 e. The number of hydrogen-bond donors (Lipinski definition) is 2. The Hall–Kier alpha value is -1.73. The third-order valence-corrected chi connectivity index (χ3v) is 2.89. The monoisotopic (exact) mass is 234 g/mol. The zero-order chi connectivity index (χ0) is 11.8. The van der Waals surface area contributed by atoms with E-state index in [9.17, 15) is 0 Å². The van der Waals surface area contributed by atoms with Gasteiger partial charge in [-0.05, 0) is 12.8 Å². The molecule has 0 saturated carbocycles. The fourth-order valence-corrected chi connectivity index (χ4v) is 2.04. The number of aliphatic hydroxyl groups excluding tert-OH is 1. The fourth-order valence-electron chi connectivity index (χ4n) is 2.04. The molecule has 17 heavy (non-hydrogen) atoms. The van der Waals surface area contributed by atoms with E-state index in [4.69, 9.17) is 15.6 Å². The minimum absolute atomic E-state index is 0.164. The fraction of sp³-hybridized carbons (Fsp3) is 0.400. The Morgan fingerprint density at radius 1 is 1.41 bits per heavy atom. The van der Waals surface area contributed by atoms with Crippen LogP contribution in [0.2, 0.25) is 0 Å². The standard InChI is InChI=1S/C10H12N5O2/c11-9-8-10(13-4-12-9)15(5-14-8)7-2-1-6(3-16)17-7/h3-7,16H,1-2H2,(H2,11,12,13)/t6-,7+/m0/s1. The number of aliphatic hydroxyl groups is 1. The minimum Gasteiger partial charge on any atom is -0.388 e. The van der Waals surface area contributed by atoms with E-state index in [2.05, 4.69) is 15.0 Å². The normalized spacial score (nSPS) is 24.5. The molecule has 1 radical (unpaired) electrons. The number of nitrogens with zero attached hydrogens (tertiary/aromatic N) is 4. The van der Waals surface area contributed by atoms with Gasteiger partial charge in [-0.25, -0.2) is 15.0 Å². The maximum atomic E-state index is 8.92.